The molecule has 0 amide bonds. The number of nitrogens with zero attached hydrogens (tertiary/aromatic N) is 5. The normalized spacial score (nSPS) is 16.2. The molecule has 1 N–H and O–H groups in total. The monoisotopic (exact) mass is 468 g/mol. The Kier molecular flexibility index (Phi) is 6.19. The number of rotatable bonds is 7. The van der Waals surface area contributed by atoms with E-state index in [0.717, 1.165) is 53.8 Å². The molecule has 0 fully saturated rings. The van der Waals surface area contributed by atoms with Gasteiger partial charge in [0, 0.05) is 25.0 Å². The van der Waals surface area contributed by atoms with E-state index in [0.29, 0.717) is 11.7 Å². The zero-order valence-corrected chi connectivity index (χ0v) is 20.4. The summed E-state index contributed by atoms with van der Waals surface area (Å²) in [6.45, 7) is 5.13. The molecule has 4 aromatic rings. The smallest absolute Gasteiger partial charge is 0.202 e. The van der Waals surface area contributed by atoms with E-state index in [1.165, 1.54) is 40.2 Å². The molecule has 4 heterocycles. The SMILES string of the molecule is CCc1nc2cc3c(cc2s1)NCC(CCCSc1nnc(-c2ocnc2C)n1C)CC3. The molecular formula is C23H28N6OS2. The zero-order valence-electron chi connectivity index (χ0n) is 18.7. The molecule has 1 aromatic carbocycles. The summed E-state index contributed by atoms with van der Waals surface area (Å²) in [6, 6.07) is 4.61. The van der Waals surface area contributed by atoms with Crippen LogP contribution in [0, 0.1) is 12.8 Å². The van der Waals surface area contributed by atoms with Crippen LogP contribution in [0.5, 0.6) is 0 Å². The van der Waals surface area contributed by atoms with Gasteiger partial charge in [0.1, 0.15) is 0 Å². The average Bonchev–Trinajstić information content (AvgIpc) is 3.46. The fraction of sp³-hybridized carbons (Fsp3) is 0.478. The number of benzene rings is 1. The maximum Gasteiger partial charge on any atom is 0.202 e. The second-order valence-corrected chi connectivity index (χ2v) is 10.5. The molecule has 0 bridgehead atoms. The van der Waals surface area contributed by atoms with Crippen LogP contribution < -0.4 is 5.32 Å². The number of fused-ring (bicyclic) bond motifs is 2. The van der Waals surface area contributed by atoms with Gasteiger partial charge in [0.15, 0.2) is 17.3 Å². The largest absolute Gasteiger partial charge is 0.440 e. The topological polar surface area (TPSA) is 81.7 Å². The average molecular weight is 469 g/mol. The number of nitrogens with one attached hydrogen (secondary N) is 1. The molecule has 9 heteroatoms. The van der Waals surface area contributed by atoms with Crippen molar-refractivity contribution in [3.8, 4) is 11.6 Å². The minimum absolute atomic E-state index is 0.687. The second kappa shape index (κ2) is 9.23. The summed E-state index contributed by atoms with van der Waals surface area (Å²) in [7, 11) is 1.98. The molecule has 168 valence electrons. The number of thiazole rings is 1. The van der Waals surface area contributed by atoms with E-state index < -0.39 is 0 Å². The molecule has 0 saturated heterocycles. The van der Waals surface area contributed by atoms with Crippen molar-refractivity contribution in [2.75, 3.05) is 17.6 Å². The maximum atomic E-state index is 5.47. The lowest BCUT2D eigenvalue weighted by Gasteiger charge is -2.14. The van der Waals surface area contributed by atoms with Crippen LogP contribution in [0.25, 0.3) is 21.8 Å². The maximum absolute atomic E-state index is 5.47. The summed E-state index contributed by atoms with van der Waals surface area (Å²) in [5, 5.41) is 14.5. The van der Waals surface area contributed by atoms with Crippen LogP contribution in [-0.4, -0.2) is 37.0 Å². The highest BCUT2D eigenvalue weighted by molar-refractivity contribution is 7.99. The molecule has 7 nitrogen and oxygen atoms in total. The lowest BCUT2D eigenvalue weighted by Crippen LogP contribution is -2.12. The molecule has 1 atom stereocenters. The standard InChI is InChI=1S/C23H28N6OS2/c1-4-20-26-18-10-16-8-7-15(12-24-17(16)11-19(18)32-20)6-5-9-31-23-28-27-22(29(23)3)21-14(2)25-13-30-21/h10-11,13,15,24H,4-9,12H2,1-3H3. The summed E-state index contributed by atoms with van der Waals surface area (Å²) in [5.74, 6) is 3.14. The number of aryl methyl sites for hydroxylation is 3. The Labute approximate surface area is 196 Å². The Balaban J connectivity index is 1.14. The summed E-state index contributed by atoms with van der Waals surface area (Å²) in [6.07, 6.45) is 7.18. The van der Waals surface area contributed by atoms with Gasteiger partial charge >= 0.3 is 0 Å². The van der Waals surface area contributed by atoms with Gasteiger partial charge in [0.05, 0.1) is 20.9 Å². The van der Waals surface area contributed by atoms with E-state index in [-0.39, 0.29) is 0 Å². The number of hydrogen-bond acceptors (Lipinski definition) is 8. The summed E-state index contributed by atoms with van der Waals surface area (Å²) >= 11 is 3.58. The first-order chi connectivity index (χ1) is 15.6. The zero-order chi connectivity index (χ0) is 22.1. The third-order valence-corrected chi connectivity index (χ3v) is 8.40. The van der Waals surface area contributed by atoms with E-state index >= 15 is 0 Å². The number of aromatic nitrogens is 5. The quantitative estimate of drug-likeness (QED) is 0.283. The summed E-state index contributed by atoms with van der Waals surface area (Å²) in [5.41, 5.74) is 4.71. The second-order valence-electron chi connectivity index (χ2n) is 8.35. The first-order valence-corrected chi connectivity index (χ1v) is 13.0. The Morgan fingerprint density at radius 1 is 1.31 bits per heavy atom. The molecule has 1 aliphatic heterocycles. The van der Waals surface area contributed by atoms with Crippen LogP contribution in [-0.2, 0) is 19.9 Å². The number of anilines is 1. The van der Waals surface area contributed by atoms with Crippen molar-refractivity contribution in [2.45, 2.75) is 51.1 Å². The van der Waals surface area contributed by atoms with Crippen LogP contribution in [0.15, 0.2) is 28.1 Å². The lowest BCUT2D eigenvalue weighted by molar-refractivity contribution is 0.476. The predicted molar refractivity (Wildman–Crippen MR) is 130 cm³/mol. The fourth-order valence-electron chi connectivity index (χ4n) is 4.24. The van der Waals surface area contributed by atoms with Gasteiger partial charge in [-0.05, 0) is 62.6 Å². The highest BCUT2D eigenvalue weighted by Crippen LogP contribution is 2.33. The van der Waals surface area contributed by atoms with Gasteiger partial charge in [0.2, 0.25) is 5.82 Å². The molecule has 32 heavy (non-hydrogen) atoms. The predicted octanol–water partition coefficient (Wildman–Crippen LogP) is 5.50. The molecule has 0 saturated carbocycles. The van der Waals surface area contributed by atoms with Gasteiger partial charge in [-0.2, -0.15) is 0 Å². The van der Waals surface area contributed by atoms with Gasteiger partial charge < -0.3 is 14.3 Å². The molecule has 1 unspecified atom stereocenters. The Bertz CT molecular complexity index is 1180. The van der Waals surface area contributed by atoms with Gasteiger partial charge in [-0.25, -0.2) is 9.97 Å². The van der Waals surface area contributed by atoms with Crippen LogP contribution in [0.4, 0.5) is 5.69 Å². The van der Waals surface area contributed by atoms with E-state index in [2.05, 4.69) is 39.6 Å². The molecule has 1 aliphatic rings. The van der Waals surface area contributed by atoms with Crippen LogP contribution in [0.2, 0.25) is 0 Å². The fourth-order valence-corrected chi connectivity index (χ4v) is 6.04. The number of hydrogen-bond donors (Lipinski definition) is 1. The summed E-state index contributed by atoms with van der Waals surface area (Å²) < 4.78 is 8.75. The van der Waals surface area contributed by atoms with E-state index in [9.17, 15) is 0 Å². The van der Waals surface area contributed by atoms with Gasteiger partial charge in [-0.15, -0.1) is 21.5 Å². The molecular weight excluding hydrogens is 440 g/mol. The van der Waals surface area contributed by atoms with E-state index in [1.807, 2.05) is 29.9 Å². The van der Waals surface area contributed by atoms with Crippen LogP contribution >= 0.6 is 23.1 Å². The highest BCUT2D eigenvalue weighted by atomic mass is 32.2. The molecule has 0 aliphatic carbocycles. The van der Waals surface area contributed by atoms with Crippen molar-refractivity contribution < 1.29 is 4.42 Å². The Hall–Kier alpha value is -2.39. The van der Waals surface area contributed by atoms with Crippen molar-refractivity contribution in [3.63, 3.8) is 0 Å². The minimum Gasteiger partial charge on any atom is -0.440 e. The van der Waals surface area contributed by atoms with Crippen molar-refractivity contribution in [1.82, 2.24) is 24.7 Å². The molecule has 0 radical (unpaired) electrons. The lowest BCUT2D eigenvalue weighted by atomic mass is 9.97. The van der Waals surface area contributed by atoms with Crippen molar-refractivity contribution in [3.05, 3.63) is 34.8 Å². The first kappa shape index (κ1) is 21.5. The number of oxazole rings is 1. The summed E-state index contributed by atoms with van der Waals surface area (Å²) in [4.78, 5) is 8.92. The van der Waals surface area contributed by atoms with Gasteiger partial charge in [-0.1, -0.05) is 18.7 Å². The molecule has 5 rings (SSSR count). The first-order valence-electron chi connectivity index (χ1n) is 11.2. The van der Waals surface area contributed by atoms with Gasteiger partial charge in [0.25, 0.3) is 0 Å². The minimum atomic E-state index is 0.687. The van der Waals surface area contributed by atoms with Crippen molar-refractivity contribution in [1.29, 1.82) is 0 Å². The van der Waals surface area contributed by atoms with E-state index in [1.54, 1.807) is 11.8 Å². The van der Waals surface area contributed by atoms with Crippen molar-refractivity contribution >= 4 is 39.0 Å². The molecule has 3 aromatic heterocycles. The Morgan fingerprint density at radius 2 is 2.22 bits per heavy atom. The Morgan fingerprint density at radius 3 is 3.03 bits per heavy atom. The third-order valence-electron chi connectivity index (χ3n) is 6.13. The number of thioether (sulfide) groups is 1. The highest BCUT2D eigenvalue weighted by Gasteiger charge is 2.19. The van der Waals surface area contributed by atoms with Gasteiger partial charge in [-0.3, -0.25) is 0 Å². The van der Waals surface area contributed by atoms with Crippen LogP contribution in [0.1, 0.15) is 42.5 Å². The van der Waals surface area contributed by atoms with Crippen molar-refractivity contribution in [2.24, 2.45) is 13.0 Å². The van der Waals surface area contributed by atoms with E-state index in [4.69, 9.17) is 9.40 Å². The molecule has 0 spiro atoms. The van der Waals surface area contributed by atoms with Crippen LogP contribution in [0.3, 0.4) is 0 Å². The third kappa shape index (κ3) is 4.28.